The molecule has 0 fully saturated rings. The maximum Gasteiger partial charge on any atom is 0.303 e. The Labute approximate surface area is 146 Å². The van der Waals surface area contributed by atoms with E-state index < -0.39 is 5.97 Å². The van der Waals surface area contributed by atoms with Gasteiger partial charge in [-0.05, 0) is 42.7 Å². The predicted octanol–water partition coefficient (Wildman–Crippen LogP) is 2.49. The summed E-state index contributed by atoms with van der Waals surface area (Å²) in [7, 11) is 0. The van der Waals surface area contributed by atoms with Crippen LogP contribution in [0.1, 0.15) is 29.7 Å². The second kappa shape index (κ2) is 9.42. The highest BCUT2D eigenvalue weighted by atomic mass is 16.5. The third-order valence-electron chi connectivity index (χ3n) is 3.55. The molecule has 2 N–H and O–H groups in total. The first-order valence-electron chi connectivity index (χ1n) is 8.14. The second-order valence-corrected chi connectivity index (χ2v) is 5.75. The third-order valence-corrected chi connectivity index (χ3v) is 3.55. The first-order chi connectivity index (χ1) is 12.0. The van der Waals surface area contributed by atoms with Crippen LogP contribution >= 0.6 is 0 Å². The van der Waals surface area contributed by atoms with Gasteiger partial charge in [0.05, 0.1) is 13.0 Å². The fraction of sp³-hybridized carbons (Fsp3) is 0.316. The van der Waals surface area contributed by atoms with Crippen LogP contribution in [0, 0.1) is 6.92 Å². The summed E-state index contributed by atoms with van der Waals surface area (Å²) in [5.74, 6) is -0.193. The lowest BCUT2D eigenvalue weighted by molar-refractivity contribution is -0.137. The van der Waals surface area contributed by atoms with Gasteiger partial charge in [0, 0.05) is 24.9 Å². The quantitative estimate of drug-likeness (QED) is 0.684. The van der Waals surface area contributed by atoms with Crippen LogP contribution in [0.5, 0.6) is 5.75 Å². The number of ether oxygens (including phenoxy) is 1. The molecule has 0 saturated carbocycles. The number of nitrogens with one attached hydrogen (secondary N) is 1. The van der Waals surface area contributed by atoms with Gasteiger partial charge in [-0.2, -0.15) is 0 Å². The van der Waals surface area contributed by atoms with Crippen molar-refractivity contribution in [2.45, 2.75) is 32.7 Å². The van der Waals surface area contributed by atoms with E-state index in [9.17, 15) is 9.59 Å². The molecule has 0 aliphatic rings. The van der Waals surface area contributed by atoms with Crippen molar-refractivity contribution in [3.8, 4) is 5.75 Å². The summed E-state index contributed by atoms with van der Waals surface area (Å²) >= 11 is 0. The topological polar surface area (TPSA) is 88.5 Å². The molecule has 1 aromatic carbocycles. The van der Waals surface area contributed by atoms with E-state index in [-0.39, 0.29) is 12.3 Å². The number of carbonyl (C=O) groups excluding carboxylic acids is 1. The van der Waals surface area contributed by atoms with Crippen molar-refractivity contribution < 1.29 is 19.4 Å². The molecule has 0 aliphatic heterocycles. The Morgan fingerprint density at radius 2 is 1.84 bits per heavy atom. The van der Waals surface area contributed by atoms with Crippen LogP contribution in [0.25, 0.3) is 0 Å². The fourth-order valence-corrected chi connectivity index (χ4v) is 2.17. The summed E-state index contributed by atoms with van der Waals surface area (Å²) in [6.45, 7) is 2.72. The summed E-state index contributed by atoms with van der Waals surface area (Å²) in [5.41, 5.74) is 2.77. The minimum absolute atomic E-state index is 0.0559. The number of carboxylic acid groups (broad SMARTS) is 1. The molecule has 2 rings (SSSR count). The van der Waals surface area contributed by atoms with Crippen LogP contribution in [0.15, 0.2) is 42.6 Å². The van der Waals surface area contributed by atoms with E-state index in [1.54, 1.807) is 6.20 Å². The van der Waals surface area contributed by atoms with Crippen LogP contribution in [0.4, 0.5) is 0 Å². The Morgan fingerprint density at radius 1 is 1.12 bits per heavy atom. The van der Waals surface area contributed by atoms with Gasteiger partial charge in [0.2, 0.25) is 5.91 Å². The number of carboxylic acids is 1. The van der Waals surface area contributed by atoms with Crippen molar-refractivity contribution in [3.63, 3.8) is 0 Å². The van der Waals surface area contributed by atoms with Crippen LogP contribution in [0.3, 0.4) is 0 Å². The Kier molecular flexibility index (Phi) is 6.95. The number of nitrogens with zero attached hydrogens (tertiary/aromatic N) is 1. The van der Waals surface area contributed by atoms with Gasteiger partial charge in [0.15, 0.2) is 0 Å². The molecular weight excluding hydrogens is 320 g/mol. The van der Waals surface area contributed by atoms with Crippen molar-refractivity contribution in [3.05, 3.63) is 59.4 Å². The molecule has 1 amide bonds. The molecule has 0 bridgehead atoms. The van der Waals surface area contributed by atoms with Gasteiger partial charge in [0.1, 0.15) is 5.75 Å². The zero-order valence-corrected chi connectivity index (χ0v) is 14.2. The lowest BCUT2D eigenvalue weighted by atomic mass is 10.2. The number of pyridine rings is 1. The van der Waals surface area contributed by atoms with Gasteiger partial charge in [-0.25, -0.2) is 0 Å². The zero-order valence-electron chi connectivity index (χ0n) is 14.2. The van der Waals surface area contributed by atoms with Gasteiger partial charge in [-0.15, -0.1) is 0 Å². The SMILES string of the molecule is Cc1ccc(CC(=O)NCc2ccc(OCCCC(=O)O)cc2)cn1. The van der Waals surface area contributed by atoms with Crippen molar-refractivity contribution in [2.75, 3.05) is 6.61 Å². The average molecular weight is 342 g/mol. The highest BCUT2D eigenvalue weighted by molar-refractivity contribution is 5.78. The number of amides is 1. The molecule has 0 unspecified atom stereocenters. The predicted molar refractivity (Wildman–Crippen MR) is 93.3 cm³/mol. The van der Waals surface area contributed by atoms with Crippen molar-refractivity contribution in [1.82, 2.24) is 10.3 Å². The third kappa shape index (κ3) is 7.03. The van der Waals surface area contributed by atoms with Gasteiger partial charge in [0.25, 0.3) is 0 Å². The smallest absolute Gasteiger partial charge is 0.303 e. The van der Waals surface area contributed by atoms with Gasteiger partial charge >= 0.3 is 5.97 Å². The maximum atomic E-state index is 12.0. The molecule has 1 heterocycles. The summed E-state index contributed by atoms with van der Waals surface area (Å²) < 4.78 is 5.47. The number of benzene rings is 1. The minimum Gasteiger partial charge on any atom is -0.494 e. The van der Waals surface area contributed by atoms with Crippen LogP contribution < -0.4 is 10.1 Å². The normalized spacial score (nSPS) is 10.3. The Morgan fingerprint density at radius 3 is 2.48 bits per heavy atom. The van der Waals surface area contributed by atoms with Crippen LogP contribution in [0.2, 0.25) is 0 Å². The first kappa shape index (κ1) is 18.4. The number of carbonyl (C=O) groups is 2. The highest BCUT2D eigenvalue weighted by Gasteiger charge is 2.04. The molecule has 132 valence electrons. The van der Waals surface area contributed by atoms with Crippen molar-refractivity contribution >= 4 is 11.9 Å². The molecule has 2 aromatic rings. The highest BCUT2D eigenvalue weighted by Crippen LogP contribution is 2.12. The Hall–Kier alpha value is -2.89. The molecule has 6 nitrogen and oxygen atoms in total. The summed E-state index contributed by atoms with van der Waals surface area (Å²) in [6.07, 6.45) is 2.59. The van der Waals surface area contributed by atoms with Gasteiger partial charge in [-0.1, -0.05) is 18.2 Å². The van der Waals surface area contributed by atoms with Crippen molar-refractivity contribution in [2.24, 2.45) is 0 Å². The minimum atomic E-state index is -0.823. The molecule has 25 heavy (non-hydrogen) atoms. The summed E-state index contributed by atoms with van der Waals surface area (Å²) in [6, 6.07) is 11.2. The molecule has 0 radical (unpaired) electrons. The molecule has 0 aliphatic carbocycles. The monoisotopic (exact) mass is 342 g/mol. The number of aliphatic carboxylic acids is 1. The number of aromatic nitrogens is 1. The summed E-state index contributed by atoms with van der Waals surface area (Å²) in [4.78, 5) is 26.5. The molecule has 0 atom stereocenters. The van der Waals surface area contributed by atoms with Gasteiger partial charge < -0.3 is 15.2 Å². The first-order valence-corrected chi connectivity index (χ1v) is 8.14. The molecule has 1 aromatic heterocycles. The number of rotatable bonds is 9. The average Bonchev–Trinajstić information content (AvgIpc) is 2.60. The van der Waals surface area contributed by atoms with Crippen LogP contribution in [-0.2, 0) is 22.6 Å². The molecule has 6 heteroatoms. The lowest BCUT2D eigenvalue weighted by Crippen LogP contribution is -2.24. The lowest BCUT2D eigenvalue weighted by Gasteiger charge is -2.08. The van der Waals surface area contributed by atoms with E-state index in [0.717, 1.165) is 16.8 Å². The van der Waals surface area contributed by atoms with E-state index in [4.69, 9.17) is 9.84 Å². The molecular formula is C19H22N2O4. The summed E-state index contributed by atoms with van der Waals surface area (Å²) in [5, 5.41) is 11.4. The van der Waals surface area contributed by atoms with E-state index in [1.165, 1.54) is 0 Å². The maximum absolute atomic E-state index is 12.0. The Bertz CT molecular complexity index is 696. The van der Waals surface area contributed by atoms with E-state index in [1.807, 2.05) is 43.3 Å². The van der Waals surface area contributed by atoms with Crippen LogP contribution in [-0.4, -0.2) is 28.6 Å². The number of hydrogen-bond donors (Lipinski definition) is 2. The van der Waals surface area contributed by atoms with E-state index >= 15 is 0 Å². The largest absolute Gasteiger partial charge is 0.494 e. The van der Waals surface area contributed by atoms with Gasteiger partial charge in [-0.3, -0.25) is 14.6 Å². The van der Waals surface area contributed by atoms with E-state index in [2.05, 4.69) is 10.3 Å². The number of aryl methyl sites for hydroxylation is 1. The Balaban J connectivity index is 1.72. The standard InChI is InChI=1S/C19H22N2O4/c1-14-4-5-16(13-20-14)11-18(22)21-12-15-6-8-17(9-7-15)25-10-2-3-19(23)24/h4-9,13H,2-3,10-12H2,1H3,(H,21,22)(H,23,24). The zero-order chi connectivity index (χ0) is 18.1. The number of hydrogen-bond acceptors (Lipinski definition) is 4. The molecule has 0 saturated heterocycles. The van der Waals surface area contributed by atoms with E-state index in [0.29, 0.717) is 31.7 Å². The fourth-order valence-electron chi connectivity index (χ4n) is 2.17. The second-order valence-electron chi connectivity index (χ2n) is 5.75. The van der Waals surface area contributed by atoms with Crippen molar-refractivity contribution in [1.29, 1.82) is 0 Å². The molecule has 0 spiro atoms.